The van der Waals surface area contributed by atoms with Crippen LogP contribution in [0.2, 0.25) is 0 Å². The van der Waals surface area contributed by atoms with Crippen LogP contribution in [-0.2, 0) is 65.4 Å². The molecule has 0 aliphatic rings. The lowest BCUT2D eigenvalue weighted by Crippen LogP contribution is -2.30. The van der Waals surface area contributed by atoms with E-state index in [1.807, 2.05) is 0 Å². The Kier molecular flexibility index (Phi) is 60.2. The van der Waals surface area contributed by atoms with Crippen LogP contribution in [0, 0.1) is 5.92 Å². The molecule has 17 nitrogen and oxygen atoms in total. The summed E-state index contributed by atoms with van der Waals surface area (Å²) in [6, 6.07) is 0. The molecule has 0 aromatic carbocycles. The topological polar surface area (TPSA) is 237 Å². The van der Waals surface area contributed by atoms with Gasteiger partial charge in [-0.2, -0.15) is 0 Å². The lowest BCUT2D eigenvalue weighted by molar-refractivity contribution is -0.161. The third kappa shape index (κ3) is 62.6. The Balaban J connectivity index is 5.20. The Bertz CT molecular complexity index is 1690. The lowest BCUT2D eigenvalue weighted by atomic mass is 10.0. The van der Waals surface area contributed by atoms with Crippen LogP contribution in [0.15, 0.2) is 0 Å². The van der Waals surface area contributed by atoms with Crippen molar-refractivity contribution < 1.29 is 80.2 Å². The molecule has 516 valence electrons. The van der Waals surface area contributed by atoms with Crippen molar-refractivity contribution >= 4 is 39.5 Å². The molecule has 5 atom stereocenters. The van der Waals surface area contributed by atoms with Crippen LogP contribution < -0.4 is 0 Å². The molecule has 0 aromatic heterocycles. The first-order valence-corrected chi connectivity index (χ1v) is 38.6. The largest absolute Gasteiger partial charge is 0.472 e. The van der Waals surface area contributed by atoms with Gasteiger partial charge >= 0.3 is 39.5 Å². The predicted octanol–water partition coefficient (Wildman–Crippen LogP) is 19.4. The van der Waals surface area contributed by atoms with Crippen molar-refractivity contribution in [3.05, 3.63) is 0 Å². The van der Waals surface area contributed by atoms with Crippen molar-refractivity contribution in [2.24, 2.45) is 5.92 Å². The molecule has 2 unspecified atom stereocenters. The third-order valence-electron chi connectivity index (χ3n) is 15.8. The average molecular weight is 1280 g/mol. The molecular weight excluding hydrogens is 1150 g/mol. The molecule has 0 aliphatic carbocycles. The summed E-state index contributed by atoms with van der Waals surface area (Å²) < 4.78 is 68.1. The summed E-state index contributed by atoms with van der Waals surface area (Å²) in [5, 5.41) is 10.6. The number of aliphatic hydroxyl groups is 1. The molecule has 3 N–H and O–H groups in total. The minimum Gasteiger partial charge on any atom is -0.462 e. The van der Waals surface area contributed by atoms with Crippen molar-refractivity contribution in [3.63, 3.8) is 0 Å². The molecule has 0 saturated carbocycles. The number of phosphoric acid groups is 2. The van der Waals surface area contributed by atoms with E-state index in [2.05, 4.69) is 34.6 Å². The van der Waals surface area contributed by atoms with Crippen LogP contribution in [-0.4, -0.2) is 96.7 Å². The van der Waals surface area contributed by atoms with Gasteiger partial charge in [-0.3, -0.25) is 37.3 Å². The number of phosphoric ester groups is 2. The van der Waals surface area contributed by atoms with Crippen molar-refractivity contribution in [1.29, 1.82) is 0 Å². The molecule has 0 amide bonds. The fourth-order valence-electron chi connectivity index (χ4n) is 10.3. The Morgan fingerprint density at radius 3 is 0.782 bits per heavy atom. The quantitative estimate of drug-likeness (QED) is 0.0222. The second-order valence-electron chi connectivity index (χ2n) is 25.0. The smallest absolute Gasteiger partial charge is 0.462 e. The summed E-state index contributed by atoms with van der Waals surface area (Å²) in [6.07, 6.45) is 47.2. The van der Waals surface area contributed by atoms with E-state index in [9.17, 15) is 43.2 Å². The first kappa shape index (κ1) is 85.1. The van der Waals surface area contributed by atoms with E-state index in [1.165, 1.54) is 167 Å². The first-order chi connectivity index (χ1) is 42.0. The molecule has 0 aromatic rings. The van der Waals surface area contributed by atoms with Gasteiger partial charge in [-0.25, -0.2) is 9.13 Å². The molecule has 19 heteroatoms. The molecule has 0 radical (unpaired) electrons. The van der Waals surface area contributed by atoms with E-state index in [1.54, 1.807) is 0 Å². The van der Waals surface area contributed by atoms with Gasteiger partial charge in [0, 0.05) is 25.7 Å². The van der Waals surface area contributed by atoms with E-state index < -0.39 is 97.5 Å². The highest BCUT2D eigenvalue weighted by molar-refractivity contribution is 7.47. The molecule has 0 saturated heterocycles. The van der Waals surface area contributed by atoms with Crippen molar-refractivity contribution in [2.45, 2.75) is 368 Å². The molecule has 0 aliphatic heterocycles. The first-order valence-electron chi connectivity index (χ1n) is 35.6. The summed E-state index contributed by atoms with van der Waals surface area (Å²) >= 11 is 0. The van der Waals surface area contributed by atoms with E-state index in [-0.39, 0.29) is 25.7 Å². The number of aliphatic hydroxyl groups excluding tert-OH is 1. The Hall–Kier alpha value is -1.94. The van der Waals surface area contributed by atoms with Gasteiger partial charge in [-0.1, -0.05) is 298 Å². The van der Waals surface area contributed by atoms with Crippen LogP contribution in [0.4, 0.5) is 0 Å². The summed E-state index contributed by atoms with van der Waals surface area (Å²) in [6.45, 7) is 7.18. The van der Waals surface area contributed by atoms with Gasteiger partial charge in [0.1, 0.15) is 19.3 Å². The van der Waals surface area contributed by atoms with Gasteiger partial charge in [-0.15, -0.1) is 0 Å². The van der Waals surface area contributed by atoms with Gasteiger partial charge in [0.25, 0.3) is 0 Å². The predicted molar refractivity (Wildman–Crippen MR) is 349 cm³/mol. The van der Waals surface area contributed by atoms with Crippen LogP contribution >= 0.6 is 15.6 Å². The summed E-state index contributed by atoms with van der Waals surface area (Å²) in [7, 11) is -9.89. The summed E-state index contributed by atoms with van der Waals surface area (Å²) in [5.41, 5.74) is 0. The van der Waals surface area contributed by atoms with E-state index >= 15 is 0 Å². The van der Waals surface area contributed by atoms with Crippen LogP contribution in [0.1, 0.15) is 349 Å². The number of hydrogen-bond acceptors (Lipinski definition) is 15. The Morgan fingerprint density at radius 1 is 0.310 bits per heavy atom. The SMILES string of the molecule is CCCCCCCCCCCCCCCCCCCC(=O)O[C@H](COC(=O)CCCCCCCCCCCCC(C)C)COP(=O)(O)OC[C@@H](O)COP(=O)(O)OC[C@@H](COC(=O)CCCCCCCCCC)OC(=O)CCCCCCCCCCC. The standard InChI is InChI=1S/C68H132O17P2/c1-6-9-12-15-18-21-22-23-24-25-26-27-28-34-39-44-49-54-68(73)85-64(58-79-66(71)52-47-42-37-33-30-29-32-35-40-45-50-61(4)5)60-83-87(76,77)81-56-62(69)55-80-86(74,75)82-59-63(57-78-65(70)51-46-41-36-20-17-14-11-8-3)84-67(72)53-48-43-38-31-19-16-13-10-7-2/h61-64,69H,6-60H2,1-5H3,(H,74,75)(H,76,77)/t62-,63+,64+/m0/s1. The minimum atomic E-state index is -4.95. The molecule has 0 bridgehead atoms. The molecule has 0 heterocycles. The van der Waals surface area contributed by atoms with Crippen LogP contribution in [0.3, 0.4) is 0 Å². The number of esters is 4. The molecular formula is C68H132O17P2. The number of carbonyl (C=O) groups excluding carboxylic acids is 4. The van der Waals surface area contributed by atoms with Gasteiger partial charge < -0.3 is 33.8 Å². The fraction of sp³-hybridized carbons (Fsp3) is 0.941. The highest BCUT2D eigenvalue weighted by atomic mass is 31.2. The fourth-order valence-corrected chi connectivity index (χ4v) is 11.9. The zero-order valence-electron chi connectivity index (χ0n) is 56.2. The molecule has 87 heavy (non-hydrogen) atoms. The number of ether oxygens (including phenoxy) is 4. The second kappa shape index (κ2) is 61.6. The normalized spacial score (nSPS) is 14.1. The van der Waals surface area contributed by atoms with Crippen molar-refractivity contribution in [2.75, 3.05) is 39.6 Å². The van der Waals surface area contributed by atoms with E-state index in [0.717, 1.165) is 102 Å². The van der Waals surface area contributed by atoms with Gasteiger partial charge in [0.2, 0.25) is 0 Å². The lowest BCUT2D eigenvalue weighted by Gasteiger charge is -2.21. The van der Waals surface area contributed by atoms with E-state index in [0.29, 0.717) is 25.7 Å². The number of rotatable bonds is 68. The van der Waals surface area contributed by atoms with Gasteiger partial charge in [-0.05, 0) is 31.6 Å². The molecule has 0 spiro atoms. The highest BCUT2D eigenvalue weighted by Crippen LogP contribution is 2.45. The van der Waals surface area contributed by atoms with Gasteiger partial charge in [0.05, 0.1) is 26.4 Å². The van der Waals surface area contributed by atoms with Crippen LogP contribution in [0.5, 0.6) is 0 Å². The van der Waals surface area contributed by atoms with Gasteiger partial charge in [0.15, 0.2) is 12.2 Å². The summed E-state index contributed by atoms with van der Waals surface area (Å²) in [4.78, 5) is 72.3. The molecule has 0 rings (SSSR count). The van der Waals surface area contributed by atoms with Crippen LogP contribution in [0.25, 0.3) is 0 Å². The zero-order chi connectivity index (χ0) is 64.2. The maximum Gasteiger partial charge on any atom is 0.472 e. The minimum absolute atomic E-state index is 0.106. The number of carbonyl (C=O) groups is 4. The Morgan fingerprint density at radius 2 is 0.529 bits per heavy atom. The zero-order valence-corrected chi connectivity index (χ0v) is 57.9. The molecule has 0 fully saturated rings. The second-order valence-corrected chi connectivity index (χ2v) is 27.9. The Labute approximate surface area is 530 Å². The average Bonchev–Trinajstić information content (AvgIpc) is 3.69. The summed E-state index contributed by atoms with van der Waals surface area (Å²) in [5.74, 6) is -1.37. The number of hydrogen-bond donors (Lipinski definition) is 3. The van der Waals surface area contributed by atoms with Crippen molar-refractivity contribution in [1.82, 2.24) is 0 Å². The van der Waals surface area contributed by atoms with Crippen molar-refractivity contribution in [3.8, 4) is 0 Å². The maximum absolute atomic E-state index is 13.0. The highest BCUT2D eigenvalue weighted by Gasteiger charge is 2.30. The third-order valence-corrected chi connectivity index (χ3v) is 17.7. The van der Waals surface area contributed by atoms with E-state index in [4.69, 9.17) is 37.0 Å². The maximum atomic E-state index is 13.0. The number of unbranched alkanes of at least 4 members (excludes halogenated alkanes) is 40. The monoisotopic (exact) mass is 1280 g/mol.